The molecule has 0 radical (unpaired) electrons. The van der Waals surface area contributed by atoms with E-state index in [0.717, 1.165) is 22.6 Å². The maximum Gasteiger partial charge on any atom is 0.398 e. The lowest BCUT2D eigenvalue weighted by molar-refractivity contribution is -0.115. The number of aldehydes is 1. The van der Waals surface area contributed by atoms with Crippen molar-refractivity contribution in [1.29, 1.82) is 0 Å². The zero-order valence-electron chi connectivity index (χ0n) is 15.4. The molecular formula is C23H19F3O2S. The van der Waals surface area contributed by atoms with Gasteiger partial charge in [0, 0.05) is 12.3 Å². The molecule has 6 heteroatoms. The summed E-state index contributed by atoms with van der Waals surface area (Å²) in [6, 6.07) is 21.9. The molecule has 0 saturated heterocycles. The Morgan fingerprint density at radius 2 is 1.59 bits per heavy atom. The van der Waals surface area contributed by atoms with Gasteiger partial charge < -0.3 is 4.79 Å². The summed E-state index contributed by atoms with van der Waals surface area (Å²) >= 11 is 0.264. The fourth-order valence-corrected chi connectivity index (χ4v) is 4.32. The third kappa shape index (κ3) is 5.26. The molecule has 0 heterocycles. The standard InChI is InChI=1S/C23H19F3O2S/c24-23(25,26)15-29-22(28)21(19(13-14-27)17-7-2-1-3-8-17)20-12-6-10-16-9-4-5-11-18(16)20/h1-12,14,19,21H,13,15H2/t19-,21-/m0/s1. The highest BCUT2D eigenvalue weighted by atomic mass is 32.2. The zero-order valence-corrected chi connectivity index (χ0v) is 16.2. The van der Waals surface area contributed by atoms with Gasteiger partial charge in [-0.05, 0) is 21.9 Å². The van der Waals surface area contributed by atoms with Crippen molar-refractivity contribution in [1.82, 2.24) is 0 Å². The molecule has 3 aromatic carbocycles. The smallest absolute Gasteiger partial charge is 0.303 e. The molecule has 2 nitrogen and oxygen atoms in total. The third-order valence-electron chi connectivity index (χ3n) is 4.77. The van der Waals surface area contributed by atoms with Crippen LogP contribution in [-0.4, -0.2) is 23.3 Å². The number of fused-ring (bicyclic) bond motifs is 1. The Morgan fingerprint density at radius 1 is 0.931 bits per heavy atom. The van der Waals surface area contributed by atoms with Crippen LogP contribution in [0.25, 0.3) is 10.8 Å². The fourth-order valence-electron chi connectivity index (χ4n) is 3.54. The van der Waals surface area contributed by atoms with Gasteiger partial charge in [-0.3, -0.25) is 4.79 Å². The predicted octanol–water partition coefficient (Wildman–Crippen LogP) is 6.12. The summed E-state index contributed by atoms with van der Waals surface area (Å²) < 4.78 is 38.3. The van der Waals surface area contributed by atoms with Crippen LogP contribution in [0.4, 0.5) is 13.2 Å². The number of hydrogen-bond acceptors (Lipinski definition) is 3. The Morgan fingerprint density at radius 3 is 2.28 bits per heavy atom. The topological polar surface area (TPSA) is 34.1 Å². The molecule has 3 aromatic rings. The van der Waals surface area contributed by atoms with E-state index >= 15 is 0 Å². The van der Waals surface area contributed by atoms with E-state index < -0.39 is 28.9 Å². The van der Waals surface area contributed by atoms with Crippen LogP contribution in [0.1, 0.15) is 29.4 Å². The lowest BCUT2D eigenvalue weighted by Crippen LogP contribution is -2.22. The molecule has 0 aliphatic heterocycles. The van der Waals surface area contributed by atoms with Crippen LogP contribution in [0.5, 0.6) is 0 Å². The van der Waals surface area contributed by atoms with Gasteiger partial charge in [-0.15, -0.1) is 0 Å². The molecule has 2 atom stereocenters. The molecule has 0 bridgehead atoms. The molecule has 0 amide bonds. The maximum atomic E-state index is 13.1. The third-order valence-corrected chi connectivity index (χ3v) is 5.78. The largest absolute Gasteiger partial charge is 0.398 e. The van der Waals surface area contributed by atoms with Gasteiger partial charge in [-0.1, -0.05) is 84.6 Å². The van der Waals surface area contributed by atoms with Gasteiger partial charge in [0.05, 0.1) is 11.7 Å². The number of carbonyl (C=O) groups is 2. The highest BCUT2D eigenvalue weighted by molar-refractivity contribution is 8.13. The molecule has 0 saturated carbocycles. The number of hydrogen-bond donors (Lipinski definition) is 0. The van der Waals surface area contributed by atoms with E-state index in [1.165, 1.54) is 0 Å². The highest BCUT2D eigenvalue weighted by Gasteiger charge is 2.35. The van der Waals surface area contributed by atoms with Crippen molar-refractivity contribution in [2.24, 2.45) is 0 Å². The van der Waals surface area contributed by atoms with Gasteiger partial charge in [-0.25, -0.2) is 0 Å². The van der Waals surface area contributed by atoms with E-state index in [1.807, 2.05) is 36.4 Å². The lowest BCUT2D eigenvalue weighted by Gasteiger charge is -2.26. The number of rotatable bonds is 7. The summed E-state index contributed by atoms with van der Waals surface area (Å²) in [6.07, 6.45) is -3.69. The number of thioether (sulfide) groups is 1. The first-order valence-corrected chi connectivity index (χ1v) is 10.1. The maximum absolute atomic E-state index is 13.1. The van der Waals surface area contributed by atoms with Crippen molar-refractivity contribution < 1.29 is 22.8 Å². The van der Waals surface area contributed by atoms with Crippen molar-refractivity contribution >= 4 is 33.9 Å². The van der Waals surface area contributed by atoms with Crippen molar-refractivity contribution in [3.05, 3.63) is 83.9 Å². The minimum atomic E-state index is -4.45. The van der Waals surface area contributed by atoms with Crippen LogP contribution in [0.15, 0.2) is 72.8 Å². The Hall–Kier alpha value is -2.60. The van der Waals surface area contributed by atoms with Gasteiger partial charge >= 0.3 is 6.18 Å². The number of alkyl halides is 3. The van der Waals surface area contributed by atoms with Crippen LogP contribution >= 0.6 is 11.8 Å². The van der Waals surface area contributed by atoms with E-state index in [0.29, 0.717) is 5.56 Å². The van der Waals surface area contributed by atoms with Gasteiger partial charge in [0.25, 0.3) is 0 Å². The molecule has 0 N–H and O–H groups in total. The fraction of sp³-hybridized carbons (Fsp3) is 0.217. The Bertz CT molecular complexity index is 981. The first kappa shape index (κ1) is 21.1. The van der Waals surface area contributed by atoms with Crippen molar-refractivity contribution in [2.75, 3.05) is 5.75 Å². The second-order valence-electron chi connectivity index (χ2n) is 6.69. The number of benzene rings is 3. The molecule has 29 heavy (non-hydrogen) atoms. The minimum Gasteiger partial charge on any atom is -0.303 e. The van der Waals surface area contributed by atoms with Gasteiger partial charge in [0.1, 0.15) is 6.29 Å². The first-order valence-electron chi connectivity index (χ1n) is 9.10. The molecule has 0 aromatic heterocycles. The molecule has 0 fully saturated rings. The quantitative estimate of drug-likeness (QED) is 0.435. The molecule has 0 aliphatic carbocycles. The second kappa shape index (κ2) is 9.27. The predicted molar refractivity (Wildman–Crippen MR) is 110 cm³/mol. The average molecular weight is 416 g/mol. The summed E-state index contributed by atoms with van der Waals surface area (Å²) in [5, 5.41) is 1.10. The summed E-state index contributed by atoms with van der Waals surface area (Å²) in [5.74, 6) is -2.68. The minimum absolute atomic E-state index is 0.0379. The Kier molecular flexibility index (Phi) is 6.75. The molecule has 3 rings (SSSR count). The number of carbonyl (C=O) groups excluding carboxylic acids is 2. The SMILES string of the molecule is O=CC[C@@H](c1ccccc1)[C@H](C(=O)SCC(F)(F)F)c1cccc2ccccc12. The molecule has 0 spiro atoms. The van der Waals surface area contributed by atoms with Crippen LogP contribution < -0.4 is 0 Å². The second-order valence-corrected chi connectivity index (χ2v) is 7.67. The van der Waals surface area contributed by atoms with Crippen molar-refractivity contribution in [3.63, 3.8) is 0 Å². The molecule has 0 aliphatic rings. The molecule has 0 unspecified atom stereocenters. The molecular weight excluding hydrogens is 397 g/mol. The number of halogens is 3. The van der Waals surface area contributed by atoms with Crippen molar-refractivity contribution in [2.45, 2.75) is 24.4 Å². The van der Waals surface area contributed by atoms with Gasteiger partial charge in [0.15, 0.2) is 5.12 Å². The van der Waals surface area contributed by atoms with E-state index in [-0.39, 0.29) is 18.2 Å². The lowest BCUT2D eigenvalue weighted by atomic mass is 9.79. The van der Waals surface area contributed by atoms with Gasteiger partial charge in [-0.2, -0.15) is 13.2 Å². The monoisotopic (exact) mass is 416 g/mol. The van der Waals surface area contributed by atoms with Crippen LogP contribution in [-0.2, 0) is 9.59 Å². The van der Waals surface area contributed by atoms with Crippen LogP contribution in [0.2, 0.25) is 0 Å². The summed E-state index contributed by atoms with van der Waals surface area (Å²) in [6.45, 7) is 0. The van der Waals surface area contributed by atoms with E-state index in [2.05, 4.69) is 0 Å². The summed E-state index contributed by atoms with van der Waals surface area (Å²) in [5.41, 5.74) is 1.39. The Balaban J connectivity index is 2.12. The average Bonchev–Trinajstić information content (AvgIpc) is 2.72. The van der Waals surface area contributed by atoms with E-state index in [9.17, 15) is 22.8 Å². The van der Waals surface area contributed by atoms with E-state index in [1.54, 1.807) is 36.4 Å². The molecule has 150 valence electrons. The van der Waals surface area contributed by atoms with Gasteiger partial charge in [0.2, 0.25) is 0 Å². The van der Waals surface area contributed by atoms with E-state index in [4.69, 9.17) is 0 Å². The summed E-state index contributed by atoms with van der Waals surface area (Å²) in [7, 11) is 0. The highest BCUT2D eigenvalue weighted by Crippen LogP contribution is 2.42. The summed E-state index contributed by atoms with van der Waals surface area (Å²) in [4.78, 5) is 24.5. The Labute approximate surface area is 171 Å². The normalized spacial score (nSPS) is 13.8. The van der Waals surface area contributed by atoms with Crippen molar-refractivity contribution in [3.8, 4) is 0 Å². The van der Waals surface area contributed by atoms with Crippen LogP contribution in [0, 0.1) is 0 Å². The van der Waals surface area contributed by atoms with Crippen LogP contribution in [0.3, 0.4) is 0 Å². The zero-order chi connectivity index (χ0) is 20.9. The first-order chi connectivity index (χ1) is 13.9.